The Labute approximate surface area is 170 Å². The van der Waals surface area contributed by atoms with E-state index >= 15 is 0 Å². The topological polar surface area (TPSA) is 47.6 Å². The van der Waals surface area contributed by atoms with E-state index in [1.165, 1.54) is 12.8 Å². The van der Waals surface area contributed by atoms with Crippen LogP contribution in [-0.2, 0) is 4.79 Å². The number of ether oxygens (including phenoxy) is 2. The van der Waals surface area contributed by atoms with Crippen LogP contribution < -0.4 is 14.8 Å². The van der Waals surface area contributed by atoms with Crippen molar-refractivity contribution >= 4 is 34.8 Å². The number of nitrogens with one attached hydrogen (secondary N) is 1. The molecule has 0 aromatic heterocycles. The Balaban J connectivity index is 1.66. The van der Waals surface area contributed by atoms with Gasteiger partial charge in [0.2, 0.25) is 5.91 Å². The minimum Gasteiger partial charge on any atom is -0.494 e. The highest BCUT2D eigenvalue weighted by atomic mass is 35.5. The Morgan fingerprint density at radius 1 is 0.963 bits per heavy atom. The van der Waals surface area contributed by atoms with Gasteiger partial charge in [-0.15, -0.1) is 0 Å². The van der Waals surface area contributed by atoms with Crippen LogP contribution in [0.5, 0.6) is 11.5 Å². The number of amides is 1. The van der Waals surface area contributed by atoms with Crippen molar-refractivity contribution in [2.75, 3.05) is 18.5 Å². The molecule has 6 heteroatoms. The van der Waals surface area contributed by atoms with Crippen molar-refractivity contribution in [1.29, 1.82) is 0 Å². The molecule has 146 valence electrons. The van der Waals surface area contributed by atoms with Gasteiger partial charge in [-0.25, -0.2) is 0 Å². The molecule has 2 aromatic rings. The van der Waals surface area contributed by atoms with E-state index in [9.17, 15) is 4.79 Å². The van der Waals surface area contributed by atoms with Gasteiger partial charge in [0, 0.05) is 17.1 Å². The first-order valence-electron chi connectivity index (χ1n) is 9.19. The van der Waals surface area contributed by atoms with Crippen LogP contribution in [0.15, 0.2) is 42.5 Å². The molecular formula is C21H25Cl2NO3. The largest absolute Gasteiger partial charge is 0.494 e. The van der Waals surface area contributed by atoms with E-state index in [-0.39, 0.29) is 5.91 Å². The average Bonchev–Trinajstić information content (AvgIpc) is 2.65. The SMILES string of the molecule is CCCCCOc1ccc(NC(=O)CCCOc2ccc(Cl)cc2Cl)cc1. The standard InChI is InChI=1S/C21H25Cl2NO3/c1-2-3-4-13-26-18-10-8-17(9-11-18)24-21(25)6-5-14-27-20-12-7-16(22)15-19(20)23/h7-12,15H,2-6,13-14H2,1H3,(H,24,25). The van der Waals surface area contributed by atoms with Gasteiger partial charge in [-0.2, -0.15) is 0 Å². The molecule has 2 rings (SSSR count). The number of hydrogen-bond donors (Lipinski definition) is 1. The summed E-state index contributed by atoms with van der Waals surface area (Å²) in [6.45, 7) is 3.28. The highest BCUT2D eigenvalue weighted by Gasteiger charge is 2.05. The van der Waals surface area contributed by atoms with Crippen molar-refractivity contribution in [3.63, 3.8) is 0 Å². The Hall–Kier alpha value is -1.91. The fourth-order valence-corrected chi connectivity index (χ4v) is 2.87. The highest BCUT2D eigenvalue weighted by Crippen LogP contribution is 2.27. The fraction of sp³-hybridized carbons (Fsp3) is 0.381. The first-order valence-corrected chi connectivity index (χ1v) is 9.94. The molecule has 2 aromatic carbocycles. The van der Waals surface area contributed by atoms with Gasteiger partial charge in [-0.3, -0.25) is 4.79 Å². The molecule has 0 aliphatic heterocycles. The molecule has 1 N–H and O–H groups in total. The zero-order valence-electron chi connectivity index (χ0n) is 15.5. The number of unbranched alkanes of at least 4 members (excludes halogenated alkanes) is 2. The van der Waals surface area contributed by atoms with Gasteiger partial charge in [0.15, 0.2) is 0 Å². The summed E-state index contributed by atoms with van der Waals surface area (Å²) in [5, 5.41) is 3.89. The molecule has 0 heterocycles. The molecule has 0 saturated carbocycles. The van der Waals surface area contributed by atoms with Crippen molar-refractivity contribution in [3.8, 4) is 11.5 Å². The number of hydrogen-bond acceptors (Lipinski definition) is 3. The summed E-state index contributed by atoms with van der Waals surface area (Å²) in [5.74, 6) is 1.32. The van der Waals surface area contributed by atoms with E-state index in [0.29, 0.717) is 35.2 Å². The molecule has 0 bridgehead atoms. The van der Waals surface area contributed by atoms with Gasteiger partial charge >= 0.3 is 0 Å². The molecule has 0 saturated heterocycles. The summed E-state index contributed by atoms with van der Waals surface area (Å²) in [5.41, 5.74) is 0.752. The molecule has 0 atom stereocenters. The third-order valence-corrected chi connectivity index (χ3v) is 4.38. The van der Waals surface area contributed by atoms with Crippen LogP contribution in [0, 0.1) is 0 Å². The van der Waals surface area contributed by atoms with Crippen molar-refractivity contribution in [2.45, 2.75) is 39.0 Å². The summed E-state index contributed by atoms with van der Waals surface area (Å²) in [6, 6.07) is 12.5. The maximum Gasteiger partial charge on any atom is 0.224 e. The number of anilines is 1. The summed E-state index contributed by atoms with van der Waals surface area (Å²) in [4.78, 5) is 12.0. The molecular weight excluding hydrogens is 385 g/mol. The molecule has 0 unspecified atom stereocenters. The van der Waals surface area contributed by atoms with Gasteiger partial charge in [0.25, 0.3) is 0 Å². The van der Waals surface area contributed by atoms with Crippen molar-refractivity contribution in [3.05, 3.63) is 52.5 Å². The van der Waals surface area contributed by atoms with E-state index in [4.69, 9.17) is 32.7 Å². The van der Waals surface area contributed by atoms with E-state index in [1.54, 1.807) is 18.2 Å². The maximum absolute atomic E-state index is 12.0. The lowest BCUT2D eigenvalue weighted by Crippen LogP contribution is -2.12. The molecule has 27 heavy (non-hydrogen) atoms. The summed E-state index contributed by atoms with van der Waals surface area (Å²) >= 11 is 11.9. The van der Waals surface area contributed by atoms with Crippen LogP contribution in [0.3, 0.4) is 0 Å². The monoisotopic (exact) mass is 409 g/mol. The van der Waals surface area contributed by atoms with Crippen molar-refractivity contribution in [1.82, 2.24) is 0 Å². The minimum atomic E-state index is -0.0579. The lowest BCUT2D eigenvalue weighted by Gasteiger charge is -2.09. The van der Waals surface area contributed by atoms with Crippen LogP contribution >= 0.6 is 23.2 Å². The van der Waals surface area contributed by atoms with Gasteiger partial charge in [-0.1, -0.05) is 43.0 Å². The molecule has 0 spiro atoms. The van der Waals surface area contributed by atoms with E-state index in [2.05, 4.69) is 12.2 Å². The zero-order chi connectivity index (χ0) is 19.5. The number of benzene rings is 2. The molecule has 0 aliphatic rings. The Kier molecular flexibility index (Phi) is 9.29. The lowest BCUT2D eigenvalue weighted by molar-refractivity contribution is -0.116. The molecule has 1 amide bonds. The lowest BCUT2D eigenvalue weighted by atomic mass is 10.2. The molecule has 4 nitrogen and oxygen atoms in total. The van der Waals surface area contributed by atoms with Crippen LogP contribution in [0.2, 0.25) is 10.0 Å². The number of rotatable bonds is 11. The fourth-order valence-electron chi connectivity index (χ4n) is 2.41. The van der Waals surface area contributed by atoms with E-state index in [0.717, 1.165) is 24.5 Å². The Morgan fingerprint density at radius 2 is 1.70 bits per heavy atom. The van der Waals surface area contributed by atoms with Crippen LogP contribution in [0.1, 0.15) is 39.0 Å². The van der Waals surface area contributed by atoms with Gasteiger partial charge < -0.3 is 14.8 Å². The predicted molar refractivity (Wildman–Crippen MR) is 111 cm³/mol. The van der Waals surface area contributed by atoms with Crippen LogP contribution in [-0.4, -0.2) is 19.1 Å². The van der Waals surface area contributed by atoms with Crippen LogP contribution in [0.4, 0.5) is 5.69 Å². The number of carbonyl (C=O) groups is 1. The molecule has 0 radical (unpaired) electrons. The quantitative estimate of drug-likeness (QED) is 0.439. The third-order valence-electron chi connectivity index (χ3n) is 3.85. The Bertz CT molecular complexity index is 720. The minimum absolute atomic E-state index is 0.0579. The van der Waals surface area contributed by atoms with Gasteiger partial charge in [0.1, 0.15) is 11.5 Å². The first-order chi connectivity index (χ1) is 13.1. The smallest absolute Gasteiger partial charge is 0.224 e. The molecule has 0 aliphatic carbocycles. The summed E-state index contributed by atoms with van der Waals surface area (Å²) in [7, 11) is 0. The van der Waals surface area contributed by atoms with Gasteiger partial charge in [0.05, 0.1) is 18.2 Å². The maximum atomic E-state index is 12.0. The second-order valence-electron chi connectivity index (χ2n) is 6.15. The van der Waals surface area contributed by atoms with Gasteiger partial charge in [-0.05, 0) is 55.3 Å². The first kappa shape index (κ1) is 21.4. The van der Waals surface area contributed by atoms with Crippen molar-refractivity contribution in [2.24, 2.45) is 0 Å². The average molecular weight is 410 g/mol. The zero-order valence-corrected chi connectivity index (χ0v) is 17.0. The second kappa shape index (κ2) is 11.7. The Morgan fingerprint density at radius 3 is 2.41 bits per heavy atom. The predicted octanol–water partition coefficient (Wildman–Crippen LogP) is 6.36. The van der Waals surface area contributed by atoms with Crippen LogP contribution in [0.25, 0.3) is 0 Å². The highest BCUT2D eigenvalue weighted by molar-refractivity contribution is 6.35. The number of halogens is 2. The van der Waals surface area contributed by atoms with Crippen molar-refractivity contribution < 1.29 is 14.3 Å². The summed E-state index contributed by atoms with van der Waals surface area (Å²) < 4.78 is 11.2. The third kappa shape index (κ3) is 8.10. The molecule has 0 fully saturated rings. The second-order valence-corrected chi connectivity index (χ2v) is 7.00. The number of carbonyl (C=O) groups excluding carboxylic acids is 1. The normalized spacial score (nSPS) is 10.5. The summed E-state index contributed by atoms with van der Waals surface area (Å²) in [6.07, 6.45) is 4.34. The van der Waals surface area contributed by atoms with E-state index < -0.39 is 0 Å². The van der Waals surface area contributed by atoms with E-state index in [1.807, 2.05) is 24.3 Å².